The number of amides is 3. The number of benzene rings is 1. The van der Waals surface area contributed by atoms with Gasteiger partial charge in [0.15, 0.2) is 0 Å². The number of aliphatic hydroxyl groups is 13. The third kappa shape index (κ3) is 28.3. The van der Waals surface area contributed by atoms with Crippen LogP contribution in [0.4, 0.5) is 0 Å². The Labute approximate surface area is 425 Å². The predicted molar refractivity (Wildman–Crippen MR) is 268 cm³/mol. The maximum atomic E-state index is 13.3. The molecule has 1 aromatic rings. The van der Waals surface area contributed by atoms with Crippen LogP contribution in [0.3, 0.4) is 0 Å². The van der Waals surface area contributed by atoms with Crippen molar-refractivity contribution in [3.63, 3.8) is 0 Å². The summed E-state index contributed by atoms with van der Waals surface area (Å²) in [6, 6.07) is 9.17. The van der Waals surface area contributed by atoms with Crippen molar-refractivity contribution in [1.29, 1.82) is 0 Å². The quantitative estimate of drug-likeness (QED) is 0.0250. The zero-order chi connectivity index (χ0) is 53.8. The zero-order valence-corrected chi connectivity index (χ0v) is 42.7. The number of nitrogens with zero attached hydrogens (tertiary/aromatic N) is 1. The van der Waals surface area contributed by atoms with Crippen LogP contribution in [0, 0.1) is 5.92 Å². The second kappa shape index (κ2) is 35.7. The van der Waals surface area contributed by atoms with Crippen molar-refractivity contribution in [3.05, 3.63) is 59.4 Å². The molecule has 14 N–H and O–H groups in total. The highest BCUT2D eigenvalue weighted by atomic mass is 16.5. The van der Waals surface area contributed by atoms with Crippen molar-refractivity contribution in [2.24, 2.45) is 5.92 Å². The van der Waals surface area contributed by atoms with E-state index < -0.39 is 85.4 Å². The lowest BCUT2D eigenvalue weighted by atomic mass is 9.94. The van der Waals surface area contributed by atoms with Gasteiger partial charge in [-0.05, 0) is 102 Å². The number of nitrogens with one attached hydrogen (secondary N) is 1. The molecule has 1 aliphatic heterocycles. The number of imide groups is 1. The molecule has 1 unspecified atom stereocenters. The van der Waals surface area contributed by atoms with Gasteiger partial charge >= 0.3 is 0 Å². The molecule has 1 heterocycles. The van der Waals surface area contributed by atoms with Crippen LogP contribution in [0.2, 0.25) is 0 Å². The molecule has 2 rings (SSSR count). The largest absolute Gasteiger partial charge is 0.499 e. The molecule has 0 saturated heterocycles. The van der Waals surface area contributed by atoms with E-state index in [1.807, 2.05) is 37.3 Å². The topological polar surface area (TPSA) is 339 Å². The summed E-state index contributed by atoms with van der Waals surface area (Å²) < 4.78 is 5.45. The maximum absolute atomic E-state index is 13.3. The number of methoxy groups -OCH3 is 1. The van der Waals surface area contributed by atoms with E-state index in [0.717, 1.165) is 56.1 Å². The number of hydrogen-bond donors (Lipinski definition) is 14. The fourth-order valence-corrected chi connectivity index (χ4v) is 9.66. The summed E-state index contributed by atoms with van der Waals surface area (Å²) in [7, 11) is 1.50. The lowest BCUT2D eigenvalue weighted by Gasteiger charge is -2.24. The molecule has 0 fully saturated rings. The van der Waals surface area contributed by atoms with Gasteiger partial charge in [-0.25, -0.2) is 0 Å². The molecular weight excluding hydrogens is 937 g/mol. The van der Waals surface area contributed by atoms with Gasteiger partial charge in [-0.1, -0.05) is 81.4 Å². The van der Waals surface area contributed by atoms with E-state index >= 15 is 0 Å². The summed E-state index contributed by atoms with van der Waals surface area (Å²) in [5.41, 5.74) is 1.90. The molecule has 19 nitrogen and oxygen atoms in total. The monoisotopic (exact) mass is 1030 g/mol. The smallest absolute Gasteiger partial charge is 0.257 e. The summed E-state index contributed by atoms with van der Waals surface area (Å²) in [4.78, 5) is 37.7. The number of unbranched alkanes of at least 4 members (excludes halogenated alkanes) is 4. The van der Waals surface area contributed by atoms with Crippen molar-refractivity contribution < 1.29 is 85.5 Å². The summed E-state index contributed by atoms with van der Waals surface area (Å²) in [6.07, 6.45) is -5.81. The molecule has 1 aliphatic rings. The van der Waals surface area contributed by atoms with E-state index in [2.05, 4.69) is 12.2 Å². The molecule has 0 radical (unpaired) electrons. The minimum absolute atomic E-state index is 0.0597. The summed E-state index contributed by atoms with van der Waals surface area (Å²) in [5, 5.41) is 136. The number of rotatable bonds is 41. The van der Waals surface area contributed by atoms with Gasteiger partial charge in [-0.15, -0.1) is 0 Å². The van der Waals surface area contributed by atoms with E-state index in [1.165, 1.54) is 18.1 Å². The number of aliphatic hydroxyl groups excluding tert-OH is 13. The molecule has 1 aromatic carbocycles. The third-order valence-electron chi connectivity index (χ3n) is 13.1. The average molecular weight is 1030 g/mol. The zero-order valence-electron chi connectivity index (χ0n) is 42.7. The Bertz CT molecular complexity index is 1710. The van der Waals surface area contributed by atoms with Gasteiger partial charge in [-0.2, -0.15) is 0 Å². The molecular formula is C53H90N2O17. The first-order valence-electron chi connectivity index (χ1n) is 25.9. The molecule has 15 atom stereocenters. The first kappa shape index (κ1) is 64.7. The van der Waals surface area contributed by atoms with Crippen LogP contribution in [-0.4, -0.2) is 189 Å². The van der Waals surface area contributed by atoms with Crippen LogP contribution in [0.25, 0.3) is 0 Å². The highest BCUT2D eigenvalue weighted by Gasteiger charge is 2.37. The van der Waals surface area contributed by atoms with Gasteiger partial charge in [0.25, 0.3) is 11.8 Å². The van der Waals surface area contributed by atoms with Gasteiger partial charge in [0.1, 0.15) is 11.8 Å². The average Bonchev–Trinajstić information content (AvgIpc) is 3.58. The van der Waals surface area contributed by atoms with Gasteiger partial charge < -0.3 is 76.4 Å². The predicted octanol–water partition coefficient (Wildman–Crippen LogP) is 1.32. The SMILES string of the molecule is COC1=CC(=O)N(C(=O)/C=C(/C)CC(C)CCCCCCC[C@H](O)C[C@@H](O)C[C@@H](O)C[C@@H](O)C[C@@H](O)C[C@@H](O)C[C@@H](O)C[C@@H](O)C[C@@H](O)C[C@@H](O)C[C@@H](O)C[C@@H](O)C[C@H](O)CNC=O)[C@H]1Cc1ccccc1. The second-order valence-electron chi connectivity index (χ2n) is 20.5. The lowest BCUT2D eigenvalue weighted by Crippen LogP contribution is -2.41. The third-order valence-corrected chi connectivity index (χ3v) is 13.1. The molecule has 3 amide bonds. The van der Waals surface area contributed by atoms with E-state index in [4.69, 9.17) is 4.74 Å². The molecule has 0 aliphatic carbocycles. The van der Waals surface area contributed by atoms with Crippen LogP contribution in [0.15, 0.2) is 53.8 Å². The van der Waals surface area contributed by atoms with Crippen LogP contribution >= 0.6 is 0 Å². The van der Waals surface area contributed by atoms with Crippen molar-refractivity contribution in [2.75, 3.05) is 13.7 Å². The fourth-order valence-electron chi connectivity index (χ4n) is 9.66. The number of carbonyl (C=O) groups excluding carboxylic acids is 3. The molecule has 19 heteroatoms. The molecule has 0 spiro atoms. The number of carbonyl (C=O) groups is 3. The number of hydrogen-bond acceptors (Lipinski definition) is 17. The number of ether oxygens (including phenoxy) is 1. The van der Waals surface area contributed by atoms with Crippen LogP contribution in [0.1, 0.15) is 148 Å². The number of allylic oxidation sites excluding steroid dienone is 1. The summed E-state index contributed by atoms with van der Waals surface area (Å²) in [6.45, 7) is 3.99. The minimum Gasteiger partial charge on any atom is -0.499 e. The first-order chi connectivity index (χ1) is 34.1. The van der Waals surface area contributed by atoms with E-state index in [-0.39, 0.29) is 95.4 Å². The Morgan fingerprint density at radius 3 is 1.36 bits per heavy atom. The fraction of sp³-hybridized carbons (Fsp3) is 0.755. The van der Waals surface area contributed by atoms with Crippen molar-refractivity contribution >= 4 is 18.2 Å². The van der Waals surface area contributed by atoms with E-state index in [0.29, 0.717) is 30.9 Å². The van der Waals surface area contributed by atoms with Gasteiger partial charge in [-0.3, -0.25) is 19.3 Å². The van der Waals surface area contributed by atoms with E-state index in [9.17, 15) is 80.8 Å². The Kier molecular flexibility index (Phi) is 32.1. The molecule has 414 valence electrons. The molecule has 0 saturated carbocycles. The Morgan fingerprint density at radius 1 is 0.583 bits per heavy atom. The van der Waals surface area contributed by atoms with Crippen LogP contribution < -0.4 is 5.32 Å². The highest BCUT2D eigenvalue weighted by Crippen LogP contribution is 2.27. The normalized spacial score (nSPS) is 20.2. The maximum Gasteiger partial charge on any atom is 0.257 e. The van der Waals surface area contributed by atoms with Crippen LogP contribution in [0.5, 0.6) is 0 Å². The Morgan fingerprint density at radius 2 is 0.958 bits per heavy atom. The molecule has 72 heavy (non-hydrogen) atoms. The molecule has 0 bridgehead atoms. The van der Waals surface area contributed by atoms with Gasteiger partial charge in [0, 0.05) is 31.5 Å². The summed E-state index contributed by atoms with van der Waals surface area (Å²) >= 11 is 0. The van der Waals surface area contributed by atoms with Crippen molar-refractivity contribution in [1.82, 2.24) is 10.2 Å². The Balaban J connectivity index is 1.56. The second-order valence-corrected chi connectivity index (χ2v) is 20.5. The first-order valence-corrected chi connectivity index (χ1v) is 25.9. The Hall–Kier alpha value is -3.41. The van der Waals surface area contributed by atoms with E-state index in [1.54, 1.807) is 6.08 Å². The minimum atomic E-state index is -1.22. The molecule has 0 aromatic heterocycles. The van der Waals surface area contributed by atoms with Crippen molar-refractivity contribution in [3.8, 4) is 0 Å². The lowest BCUT2D eigenvalue weighted by molar-refractivity contribution is -0.139. The van der Waals surface area contributed by atoms with Gasteiger partial charge in [0.05, 0.1) is 86.5 Å². The van der Waals surface area contributed by atoms with Crippen molar-refractivity contribution in [2.45, 2.75) is 234 Å². The highest BCUT2D eigenvalue weighted by molar-refractivity contribution is 6.08. The van der Waals surface area contributed by atoms with Gasteiger partial charge in [0.2, 0.25) is 6.41 Å². The van der Waals surface area contributed by atoms with Crippen LogP contribution in [-0.2, 0) is 25.5 Å². The summed E-state index contributed by atoms with van der Waals surface area (Å²) in [5.74, 6) is 0.0821. The standard InChI is InChI=1S/C53H90N2O17/c1-34(16-35(2)17-52(70)55-50(51(72-3)31-53(55)71)18-36-13-9-7-10-14-36)12-8-5-4-6-11-15-37(57)19-38(58)20-39(59)21-40(60)22-41(61)23-42(62)24-43(63)25-44(64)26-45(65)27-46(66)28-47(67)29-48(68)30-49(69)32-54-33-56/h7,9-10,13-14,17,31,33-34,37-50,57-69H,4-6,8,11-12,15-16,18-30,32H2,1-3H3,(H,54,56)/b35-17-/t34?,37-,38+,39+,40+,41+,42+,43+,44+,45+,46+,47+,48+,49-,50-/m0/s1.